The van der Waals surface area contributed by atoms with E-state index in [1.165, 1.54) is 66.5 Å². The maximum Gasteiger partial charge on any atom is 0.176 e. The number of unbranched alkanes of at least 4 members (excludes halogenated alkanes) is 6. The van der Waals surface area contributed by atoms with Crippen LogP contribution in [0.1, 0.15) is 44.9 Å². The number of nitrogens with zero attached hydrogens (tertiary/aromatic N) is 2. The molecule has 0 saturated carbocycles. The smallest absolute Gasteiger partial charge is 0.176 e. The zero-order chi connectivity index (χ0) is 19.7. The minimum absolute atomic E-state index is 0. The van der Waals surface area contributed by atoms with Crippen molar-refractivity contribution in [2.45, 2.75) is 58.0 Å². The molecule has 31 heavy (non-hydrogen) atoms. The van der Waals surface area contributed by atoms with Gasteiger partial charge in [-0.05, 0) is 35.7 Å². The van der Waals surface area contributed by atoms with Crippen molar-refractivity contribution in [1.29, 1.82) is 0 Å². The van der Waals surface area contributed by atoms with Crippen LogP contribution in [-0.2, 0) is 13.1 Å². The number of rotatable bonds is 10. The van der Waals surface area contributed by atoms with Crippen LogP contribution in [0.4, 0.5) is 0 Å². The lowest BCUT2D eigenvalue weighted by atomic mass is 10.1. The van der Waals surface area contributed by atoms with E-state index >= 15 is 0 Å². The summed E-state index contributed by atoms with van der Waals surface area (Å²) in [6.45, 7) is 2.26. The van der Waals surface area contributed by atoms with Crippen LogP contribution in [0.3, 0.4) is 0 Å². The van der Waals surface area contributed by atoms with Crippen molar-refractivity contribution in [1.82, 2.24) is 0 Å². The monoisotopic (exact) mass is 638 g/mol. The molecule has 0 saturated heterocycles. The molecule has 2 aromatic heterocycles. The third-order valence-electron chi connectivity index (χ3n) is 5.83. The van der Waals surface area contributed by atoms with Gasteiger partial charge in [0.15, 0.2) is 24.8 Å². The van der Waals surface area contributed by atoms with E-state index in [0.29, 0.717) is 0 Å². The number of aryl methyl sites for hydroxylation is 2. The summed E-state index contributed by atoms with van der Waals surface area (Å²) in [6, 6.07) is 21.6. The van der Waals surface area contributed by atoms with Gasteiger partial charge in [0.1, 0.15) is 13.1 Å². The van der Waals surface area contributed by atoms with E-state index < -0.39 is 0 Å². The Morgan fingerprint density at radius 2 is 0.774 bits per heavy atom. The molecule has 2 aromatic carbocycles. The molecule has 2 nitrogen and oxygen atoms in total. The normalized spacial score (nSPS) is 10.6. The number of fused-ring (bicyclic) bond motifs is 2. The molecule has 4 rings (SSSR count). The Bertz CT molecular complexity index is 980. The number of aromatic nitrogens is 2. The number of pyridine rings is 2. The quantitative estimate of drug-likeness (QED) is 0.132. The van der Waals surface area contributed by atoms with Crippen molar-refractivity contribution >= 4 is 21.5 Å². The van der Waals surface area contributed by atoms with Crippen molar-refractivity contribution in [2.24, 2.45) is 0 Å². The minimum Gasteiger partial charge on any atom is -1.00 e. The SMILES string of the molecule is [I-].[I-].c1ccc2c[n+](CCCCCCCCC[n+]3ccc4ccccc4c3)ccc2c1. The zero-order valence-electron chi connectivity index (χ0n) is 18.1. The summed E-state index contributed by atoms with van der Waals surface area (Å²) in [5.41, 5.74) is 0. The topological polar surface area (TPSA) is 7.76 Å². The van der Waals surface area contributed by atoms with Gasteiger partial charge in [-0.2, -0.15) is 0 Å². The molecule has 0 unspecified atom stereocenters. The maximum absolute atomic E-state index is 2.34. The highest BCUT2D eigenvalue weighted by molar-refractivity contribution is 5.80. The first-order valence-electron chi connectivity index (χ1n) is 11.1. The zero-order valence-corrected chi connectivity index (χ0v) is 22.4. The summed E-state index contributed by atoms with van der Waals surface area (Å²) in [4.78, 5) is 0. The second-order valence-electron chi connectivity index (χ2n) is 8.10. The molecule has 4 aromatic rings. The fraction of sp³-hybridized carbons (Fsp3) is 0.333. The molecule has 164 valence electrons. The summed E-state index contributed by atoms with van der Waals surface area (Å²) < 4.78 is 4.67. The second kappa shape index (κ2) is 14.0. The van der Waals surface area contributed by atoms with E-state index in [9.17, 15) is 0 Å². The molecule has 0 bridgehead atoms. The summed E-state index contributed by atoms with van der Waals surface area (Å²) >= 11 is 0. The van der Waals surface area contributed by atoms with Gasteiger partial charge >= 0.3 is 0 Å². The summed E-state index contributed by atoms with van der Waals surface area (Å²) in [6.07, 6.45) is 18.3. The Kier molecular flexibility index (Phi) is 11.7. The lowest BCUT2D eigenvalue weighted by Gasteiger charge is -2.02. The highest BCUT2D eigenvalue weighted by Gasteiger charge is 2.04. The van der Waals surface area contributed by atoms with Crippen LogP contribution in [0.5, 0.6) is 0 Å². The van der Waals surface area contributed by atoms with Gasteiger partial charge < -0.3 is 48.0 Å². The molecule has 0 aliphatic rings. The predicted molar refractivity (Wildman–Crippen MR) is 121 cm³/mol. The van der Waals surface area contributed by atoms with Crippen molar-refractivity contribution in [2.75, 3.05) is 0 Å². The van der Waals surface area contributed by atoms with E-state index in [1.807, 2.05) is 0 Å². The highest BCUT2D eigenvalue weighted by Crippen LogP contribution is 2.12. The van der Waals surface area contributed by atoms with E-state index in [-0.39, 0.29) is 48.0 Å². The molecule has 0 spiro atoms. The van der Waals surface area contributed by atoms with E-state index in [4.69, 9.17) is 0 Å². The fourth-order valence-corrected chi connectivity index (χ4v) is 4.11. The van der Waals surface area contributed by atoms with Crippen LogP contribution in [0.15, 0.2) is 85.5 Å². The van der Waals surface area contributed by atoms with Crippen LogP contribution < -0.4 is 57.1 Å². The molecular formula is C27H32I2N2. The van der Waals surface area contributed by atoms with Crippen molar-refractivity contribution in [3.05, 3.63) is 85.5 Å². The molecule has 0 fully saturated rings. The van der Waals surface area contributed by atoms with Gasteiger partial charge in [-0.15, -0.1) is 0 Å². The van der Waals surface area contributed by atoms with Gasteiger partial charge in [-0.3, -0.25) is 0 Å². The van der Waals surface area contributed by atoms with E-state index in [2.05, 4.69) is 94.6 Å². The Hall–Kier alpha value is -1.28. The molecule has 2 heterocycles. The standard InChI is InChI=1S/C27H32N2.2HI/c1(2-4-10-18-28-20-16-24-12-6-8-14-26(24)22-28)3-5-11-19-29-21-17-25-13-7-9-15-27(25)23-29;;/h6-9,12-17,20-23H,1-5,10-11,18-19H2;2*1H/q+2;;/p-2. The Balaban J connectivity index is 0.00000171. The second-order valence-corrected chi connectivity index (χ2v) is 8.10. The Morgan fingerprint density at radius 3 is 1.19 bits per heavy atom. The Morgan fingerprint density at radius 1 is 0.419 bits per heavy atom. The predicted octanol–water partition coefficient (Wildman–Crippen LogP) is 0.00690. The van der Waals surface area contributed by atoms with Gasteiger partial charge in [0.05, 0.1) is 0 Å². The lowest BCUT2D eigenvalue weighted by molar-refractivity contribution is -0.696. The highest BCUT2D eigenvalue weighted by atomic mass is 127. The molecular weight excluding hydrogens is 606 g/mol. The minimum atomic E-state index is 0. The summed E-state index contributed by atoms with van der Waals surface area (Å²) in [5.74, 6) is 0. The Labute approximate surface area is 220 Å². The van der Waals surface area contributed by atoms with Crippen LogP contribution in [0.25, 0.3) is 21.5 Å². The first kappa shape index (κ1) is 26.0. The third-order valence-corrected chi connectivity index (χ3v) is 5.83. The van der Waals surface area contributed by atoms with Crippen molar-refractivity contribution in [3.63, 3.8) is 0 Å². The van der Waals surface area contributed by atoms with E-state index in [1.54, 1.807) is 0 Å². The summed E-state index contributed by atoms with van der Waals surface area (Å²) in [5, 5.41) is 5.31. The number of benzene rings is 2. The molecule has 0 amide bonds. The van der Waals surface area contributed by atoms with Crippen LogP contribution in [0.2, 0.25) is 0 Å². The van der Waals surface area contributed by atoms with Crippen molar-refractivity contribution in [3.8, 4) is 0 Å². The molecule has 0 N–H and O–H groups in total. The van der Waals surface area contributed by atoms with Gasteiger partial charge in [-0.25, -0.2) is 9.13 Å². The van der Waals surface area contributed by atoms with Crippen LogP contribution >= 0.6 is 0 Å². The first-order valence-corrected chi connectivity index (χ1v) is 11.1. The number of halogens is 2. The maximum atomic E-state index is 2.34. The molecule has 4 heteroatoms. The first-order chi connectivity index (χ1) is 14.4. The molecule has 0 radical (unpaired) electrons. The van der Waals surface area contributed by atoms with Gasteiger partial charge in [-0.1, -0.05) is 55.7 Å². The third kappa shape index (κ3) is 7.97. The number of hydrogen-bond donors (Lipinski definition) is 0. The molecule has 0 aliphatic carbocycles. The van der Waals surface area contributed by atoms with Gasteiger partial charge in [0.2, 0.25) is 0 Å². The summed E-state index contributed by atoms with van der Waals surface area (Å²) in [7, 11) is 0. The largest absolute Gasteiger partial charge is 1.00 e. The molecule has 0 atom stereocenters. The van der Waals surface area contributed by atoms with E-state index in [0.717, 1.165) is 13.1 Å². The average Bonchev–Trinajstić information content (AvgIpc) is 2.77. The van der Waals surface area contributed by atoms with Crippen LogP contribution in [-0.4, -0.2) is 0 Å². The van der Waals surface area contributed by atoms with Crippen LogP contribution in [0, 0.1) is 0 Å². The van der Waals surface area contributed by atoms with Crippen molar-refractivity contribution < 1.29 is 57.1 Å². The van der Waals surface area contributed by atoms with Gasteiger partial charge in [0.25, 0.3) is 0 Å². The number of hydrogen-bond acceptors (Lipinski definition) is 0. The molecule has 0 aliphatic heterocycles. The lowest BCUT2D eigenvalue weighted by Crippen LogP contribution is -3.00. The average molecular weight is 638 g/mol. The van der Waals surface area contributed by atoms with Gasteiger partial charge in [0, 0.05) is 35.7 Å². The fourth-order valence-electron chi connectivity index (χ4n) is 4.11.